The summed E-state index contributed by atoms with van der Waals surface area (Å²) in [5.41, 5.74) is 1.95. The van der Waals surface area contributed by atoms with Crippen molar-refractivity contribution in [3.8, 4) is 11.5 Å². The molecule has 2 amide bonds. The Labute approximate surface area is 212 Å². The molecule has 6 nitrogen and oxygen atoms in total. The molecule has 34 heavy (non-hydrogen) atoms. The van der Waals surface area contributed by atoms with E-state index in [9.17, 15) is 9.59 Å². The Morgan fingerprint density at radius 2 is 1.68 bits per heavy atom. The number of benzene rings is 2. The standard InChI is InChI=1S/C27H37BrN2O4/c1-6-19(4)29-27(32)20(5)30(18-22-10-9-11-23(28)16-22)26(31)15-13-21-12-14-24(33-7-2)25(17-21)34-8-3/h9-12,14,16-17,19-20H,6-8,13,15,18H2,1-5H3,(H,29,32)/t19-,20-/m0/s1. The molecule has 2 aromatic carbocycles. The van der Waals surface area contributed by atoms with Gasteiger partial charge >= 0.3 is 0 Å². The van der Waals surface area contributed by atoms with Crippen molar-refractivity contribution in [2.75, 3.05) is 13.2 Å². The number of halogens is 1. The summed E-state index contributed by atoms with van der Waals surface area (Å²) < 4.78 is 12.3. The zero-order valence-corrected chi connectivity index (χ0v) is 22.5. The molecule has 0 aliphatic carbocycles. The lowest BCUT2D eigenvalue weighted by atomic mass is 10.1. The molecular weight excluding hydrogens is 496 g/mol. The highest BCUT2D eigenvalue weighted by Crippen LogP contribution is 2.29. The zero-order chi connectivity index (χ0) is 25.1. The number of rotatable bonds is 13. The number of nitrogens with zero attached hydrogens (tertiary/aromatic N) is 1. The molecule has 0 heterocycles. The van der Waals surface area contributed by atoms with Gasteiger partial charge in [0.1, 0.15) is 6.04 Å². The molecule has 0 unspecified atom stereocenters. The molecule has 0 spiro atoms. The van der Waals surface area contributed by atoms with Crippen LogP contribution in [0, 0.1) is 0 Å². The Morgan fingerprint density at radius 3 is 2.32 bits per heavy atom. The average Bonchev–Trinajstić information content (AvgIpc) is 2.82. The topological polar surface area (TPSA) is 67.9 Å². The highest BCUT2D eigenvalue weighted by Gasteiger charge is 2.26. The number of carbonyl (C=O) groups is 2. The van der Waals surface area contributed by atoms with Gasteiger partial charge in [0.2, 0.25) is 11.8 Å². The molecule has 186 valence electrons. The SMILES string of the molecule is CCOc1ccc(CCC(=O)N(Cc2cccc(Br)c2)[C@@H](C)C(=O)N[C@@H](C)CC)cc1OCC. The lowest BCUT2D eigenvalue weighted by molar-refractivity contribution is -0.140. The summed E-state index contributed by atoms with van der Waals surface area (Å²) >= 11 is 3.49. The number of aryl methyl sites for hydroxylation is 1. The van der Waals surface area contributed by atoms with Gasteiger partial charge in [-0.1, -0.05) is 41.1 Å². The van der Waals surface area contributed by atoms with Crippen LogP contribution < -0.4 is 14.8 Å². The fourth-order valence-corrected chi connectivity index (χ4v) is 3.97. The van der Waals surface area contributed by atoms with Crippen LogP contribution in [0.2, 0.25) is 0 Å². The second-order valence-electron chi connectivity index (χ2n) is 8.29. The van der Waals surface area contributed by atoms with Gasteiger partial charge in [0.25, 0.3) is 0 Å². The maximum Gasteiger partial charge on any atom is 0.242 e. The van der Waals surface area contributed by atoms with Crippen LogP contribution >= 0.6 is 15.9 Å². The van der Waals surface area contributed by atoms with Crippen LogP contribution in [-0.4, -0.2) is 42.0 Å². The maximum absolute atomic E-state index is 13.4. The number of hydrogen-bond acceptors (Lipinski definition) is 4. The van der Waals surface area contributed by atoms with E-state index in [-0.39, 0.29) is 24.3 Å². The number of hydrogen-bond donors (Lipinski definition) is 1. The Bertz CT molecular complexity index is 950. The minimum atomic E-state index is -0.584. The minimum absolute atomic E-state index is 0.0543. The molecular formula is C27H37BrN2O4. The summed E-state index contributed by atoms with van der Waals surface area (Å²) in [6.45, 7) is 11.1. The van der Waals surface area contributed by atoms with Crippen LogP contribution in [-0.2, 0) is 22.6 Å². The molecule has 2 rings (SSSR count). The van der Waals surface area contributed by atoms with E-state index in [0.29, 0.717) is 37.7 Å². The second kappa shape index (κ2) is 14.0. The summed E-state index contributed by atoms with van der Waals surface area (Å²) in [6.07, 6.45) is 1.66. The first kappa shape index (κ1) is 27.7. The summed E-state index contributed by atoms with van der Waals surface area (Å²) in [7, 11) is 0. The van der Waals surface area contributed by atoms with E-state index >= 15 is 0 Å². The summed E-state index contributed by atoms with van der Waals surface area (Å²) in [5, 5.41) is 3.00. The predicted molar refractivity (Wildman–Crippen MR) is 139 cm³/mol. The molecule has 0 bridgehead atoms. The Kier molecular flexibility index (Phi) is 11.4. The van der Waals surface area contributed by atoms with Crippen LogP contribution in [0.25, 0.3) is 0 Å². The van der Waals surface area contributed by atoms with Gasteiger partial charge in [0.05, 0.1) is 13.2 Å². The van der Waals surface area contributed by atoms with E-state index in [2.05, 4.69) is 21.2 Å². The van der Waals surface area contributed by atoms with E-state index in [4.69, 9.17) is 9.47 Å². The molecule has 7 heteroatoms. The third kappa shape index (κ3) is 8.35. The normalized spacial score (nSPS) is 12.5. The number of amides is 2. The molecule has 0 fully saturated rings. The molecule has 1 N–H and O–H groups in total. The Hall–Kier alpha value is -2.54. The van der Waals surface area contributed by atoms with Gasteiger partial charge in [0.15, 0.2) is 11.5 Å². The first-order chi connectivity index (χ1) is 16.3. The van der Waals surface area contributed by atoms with Crippen molar-refractivity contribution >= 4 is 27.7 Å². The quantitative estimate of drug-likeness (QED) is 0.369. The lowest BCUT2D eigenvalue weighted by Gasteiger charge is -2.30. The zero-order valence-electron chi connectivity index (χ0n) is 20.9. The van der Waals surface area contributed by atoms with Crippen LogP contribution in [0.1, 0.15) is 58.6 Å². The fourth-order valence-electron chi connectivity index (χ4n) is 3.53. The first-order valence-electron chi connectivity index (χ1n) is 12.0. The maximum atomic E-state index is 13.4. The van der Waals surface area contributed by atoms with Crippen molar-refractivity contribution in [1.82, 2.24) is 10.2 Å². The largest absolute Gasteiger partial charge is 0.490 e. The summed E-state index contributed by atoms with van der Waals surface area (Å²) in [5.74, 6) is 1.17. The van der Waals surface area contributed by atoms with Crippen LogP contribution in [0.5, 0.6) is 11.5 Å². The third-order valence-corrected chi connectivity index (χ3v) is 6.14. The molecule has 0 aromatic heterocycles. The van der Waals surface area contributed by atoms with Gasteiger partial charge in [-0.15, -0.1) is 0 Å². The smallest absolute Gasteiger partial charge is 0.242 e. The highest BCUT2D eigenvalue weighted by atomic mass is 79.9. The van der Waals surface area contributed by atoms with Crippen molar-refractivity contribution in [3.63, 3.8) is 0 Å². The first-order valence-corrected chi connectivity index (χ1v) is 12.8. The van der Waals surface area contributed by atoms with Gasteiger partial charge in [-0.25, -0.2) is 0 Å². The van der Waals surface area contributed by atoms with E-state index < -0.39 is 6.04 Å². The van der Waals surface area contributed by atoms with Gasteiger partial charge in [-0.05, 0) is 75.9 Å². The summed E-state index contributed by atoms with van der Waals surface area (Å²) in [4.78, 5) is 27.9. The van der Waals surface area contributed by atoms with Gasteiger partial charge in [0, 0.05) is 23.5 Å². The van der Waals surface area contributed by atoms with Crippen LogP contribution in [0.15, 0.2) is 46.9 Å². The van der Waals surface area contributed by atoms with E-state index in [0.717, 1.165) is 22.0 Å². The molecule has 0 saturated heterocycles. The van der Waals surface area contributed by atoms with Crippen molar-refractivity contribution in [3.05, 3.63) is 58.1 Å². The molecule has 0 aliphatic heterocycles. The summed E-state index contributed by atoms with van der Waals surface area (Å²) in [6, 6.07) is 13.1. The molecule has 0 radical (unpaired) electrons. The van der Waals surface area contributed by atoms with Crippen molar-refractivity contribution in [2.24, 2.45) is 0 Å². The third-order valence-electron chi connectivity index (χ3n) is 5.65. The highest BCUT2D eigenvalue weighted by molar-refractivity contribution is 9.10. The predicted octanol–water partition coefficient (Wildman–Crippen LogP) is 5.51. The van der Waals surface area contributed by atoms with E-state index in [1.165, 1.54) is 0 Å². The monoisotopic (exact) mass is 532 g/mol. The Balaban J connectivity index is 2.18. The minimum Gasteiger partial charge on any atom is -0.490 e. The molecule has 2 aromatic rings. The molecule has 0 saturated carbocycles. The number of carbonyl (C=O) groups excluding carboxylic acids is 2. The van der Waals surface area contributed by atoms with Crippen LogP contribution in [0.4, 0.5) is 0 Å². The lowest BCUT2D eigenvalue weighted by Crippen LogP contribution is -2.49. The van der Waals surface area contributed by atoms with Gasteiger partial charge in [-0.2, -0.15) is 0 Å². The van der Waals surface area contributed by atoms with Crippen molar-refractivity contribution in [1.29, 1.82) is 0 Å². The molecule has 0 aliphatic rings. The van der Waals surface area contributed by atoms with Crippen molar-refractivity contribution < 1.29 is 19.1 Å². The average molecular weight is 534 g/mol. The molecule has 2 atom stereocenters. The fraction of sp³-hybridized carbons (Fsp3) is 0.481. The second-order valence-corrected chi connectivity index (χ2v) is 9.21. The van der Waals surface area contributed by atoms with Crippen molar-refractivity contribution in [2.45, 2.75) is 72.5 Å². The van der Waals surface area contributed by atoms with Gasteiger partial charge < -0.3 is 19.7 Å². The number of ether oxygens (including phenoxy) is 2. The number of nitrogens with one attached hydrogen (secondary N) is 1. The van der Waals surface area contributed by atoms with E-state index in [1.54, 1.807) is 11.8 Å². The Morgan fingerprint density at radius 1 is 0.971 bits per heavy atom. The van der Waals surface area contributed by atoms with Crippen LogP contribution in [0.3, 0.4) is 0 Å². The van der Waals surface area contributed by atoms with Gasteiger partial charge in [-0.3, -0.25) is 9.59 Å². The van der Waals surface area contributed by atoms with E-state index in [1.807, 2.05) is 70.2 Å².